The molecule has 0 atom stereocenters. The van der Waals surface area contributed by atoms with Crippen molar-refractivity contribution in [3.8, 4) is 0 Å². The van der Waals surface area contributed by atoms with Crippen LogP contribution in [0.4, 0.5) is 0 Å². The lowest BCUT2D eigenvalue weighted by atomic mass is 9.91. The molecule has 15 heavy (non-hydrogen) atoms. The van der Waals surface area contributed by atoms with Gasteiger partial charge in [0, 0.05) is 10.8 Å². The van der Waals surface area contributed by atoms with Gasteiger partial charge in [0.2, 0.25) is 0 Å². The van der Waals surface area contributed by atoms with Crippen molar-refractivity contribution in [2.24, 2.45) is 0 Å². The van der Waals surface area contributed by atoms with E-state index in [2.05, 4.69) is 36.4 Å². The minimum Gasteiger partial charge on any atom is -0.456 e. The van der Waals surface area contributed by atoms with E-state index in [4.69, 9.17) is 4.42 Å². The maximum absolute atomic E-state index is 5.85. The molecule has 0 amide bonds. The van der Waals surface area contributed by atoms with Crippen LogP contribution in [0.2, 0.25) is 0 Å². The molecule has 0 N–H and O–H groups in total. The normalized spacial score (nSPS) is 14.1. The molecule has 2 aromatic carbocycles. The van der Waals surface area contributed by atoms with Crippen LogP contribution in [0.15, 0.2) is 40.8 Å². The van der Waals surface area contributed by atoms with E-state index in [0.717, 1.165) is 24.0 Å². The van der Waals surface area contributed by atoms with Crippen LogP contribution in [0, 0.1) is 0 Å². The fourth-order valence-electron chi connectivity index (χ4n) is 2.70. The molecule has 1 heterocycles. The number of benzene rings is 2. The number of hydrogen-bond acceptors (Lipinski definition) is 1. The molecule has 1 aromatic heterocycles. The van der Waals surface area contributed by atoms with Crippen molar-refractivity contribution in [2.75, 3.05) is 0 Å². The van der Waals surface area contributed by atoms with E-state index in [0.29, 0.717) is 0 Å². The van der Waals surface area contributed by atoms with Gasteiger partial charge in [-0.05, 0) is 36.1 Å². The number of hydrogen-bond donors (Lipinski definition) is 0. The van der Waals surface area contributed by atoms with Gasteiger partial charge < -0.3 is 4.42 Å². The maximum Gasteiger partial charge on any atom is 0.135 e. The summed E-state index contributed by atoms with van der Waals surface area (Å²) in [5.41, 5.74) is 4.94. The average Bonchev–Trinajstić information content (AvgIpc) is 2.66. The largest absolute Gasteiger partial charge is 0.456 e. The van der Waals surface area contributed by atoms with Crippen molar-refractivity contribution >= 4 is 21.9 Å². The van der Waals surface area contributed by atoms with E-state index in [1.807, 2.05) is 0 Å². The first kappa shape index (κ1) is 7.52. The predicted molar refractivity (Wildman–Crippen MR) is 61.1 cm³/mol. The monoisotopic (exact) mass is 194 g/mol. The molecule has 3 aromatic rings. The van der Waals surface area contributed by atoms with Crippen LogP contribution < -0.4 is 0 Å². The second-order valence-electron chi connectivity index (χ2n) is 4.18. The smallest absolute Gasteiger partial charge is 0.135 e. The molecule has 4 rings (SSSR count). The number of rotatable bonds is 0. The molecular weight excluding hydrogens is 184 g/mol. The van der Waals surface area contributed by atoms with Crippen LogP contribution in [0.5, 0.6) is 0 Å². The molecular formula is C14H10O. The van der Waals surface area contributed by atoms with Crippen LogP contribution in [0.3, 0.4) is 0 Å². The van der Waals surface area contributed by atoms with Gasteiger partial charge in [0.1, 0.15) is 11.2 Å². The molecule has 0 fully saturated rings. The van der Waals surface area contributed by atoms with Gasteiger partial charge in [0.05, 0.1) is 0 Å². The van der Waals surface area contributed by atoms with Crippen LogP contribution in [-0.2, 0) is 12.8 Å². The van der Waals surface area contributed by atoms with Crippen molar-refractivity contribution < 1.29 is 4.42 Å². The second kappa shape index (κ2) is 2.43. The fourth-order valence-corrected chi connectivity index (χ4v) is 2.70. The van der Waals surface area contributed by atoms with Crippen molar-refractivity contribution in [3.05, 3.63) is 47.5 Å². The SMILES string of the molecule is c1cc2c3c(c1)oc1cccc(c13)CC2. The molecule has 0 bridgehead atoms. The van der Waals surface area contributed by atoms with Crippen LogP contribution in [0.25, 0.3) is 21.9 Å². The molecule has 72 valence electrons. The Labute approximate surface area is 87.3 Å². The summed E-state index contributed by atoms with van der Waals surface area (Å²) in [7, 11) is 0. The van der Waals surface area contributed by atoms with E-state index < -0.39 is 0 Å². The average molecular weight is 194 g/mol. The lowest BCUT2D eigenvalue weighted by Crippen LogP contribution is -1.97. The van der Waals surface area contributed by atoms with Crippen LogP contribution >= 0.6 is 0 Å². The Kier molecular flexibility index (Phi) is 1.22. The first-order valence-electron chi connectivity index (χ1n) is 5.35. The number of aryl methyl sites for hydroxylation is 2. The highest BCUT2D eigenvalue weighted by Crippen LogP contribution is 2.37. The topological polar surface area (TPSA) is 13.1 Å². The summed E-state index contributed by atoms with van der Waals surface area (Å²) < 4.78 is 5.85. The zero-order valence-electron chi connectivity index (χ0n) is 8.29. The van der Waals surface area contributed by atoms with Gasteiger partial charge in [-0.1, -0.05) is 24.3 Å². The zero-order valence-corrected chi connectivity index (χ0v) is 8.29. The van der Waals surface area contributed by atoms with Gasteiger partial charge in [-0.25, -0.2) is 0 Å². The first-order chi connectivity index (χ1) is 7.43. The van der Waals surface area contributed by atoms with Crippen molar-refractivity contribution in [1.82, 2.24) is 0 Å². The Balaban J connectivity index is 2.42. The lowest BCUT2D eigenvalue weighted by molar-refractivity contribution is 0.669. The summed E-state index contributed by atoms with van der Waals surface area (Å²) in [6, 6.07) is 12.7. The summed E-state index contributed by atoms with van der Waals surface area (Å²) in [5, 5.41) is 2.68. The van der Waals surface area contributed by atoms with E-state index in [9.17, 15) is 0 Å². The van der Waals surface area contributed by atoms with Gasteiger partial charge in [-0.15, -0.1) is 0 Å². The summed E-state index contributed by atoms with van der Waals surface area (Å²) in [6.45, 7) is 0. The third-order valence-corrected chi connectivity index (χ3v) is 3.36. The molecule has 1 aliphatic rings. The van der Waals surface area contributed by atoms with Gasteiger partial charge in [0.25, 0.3) is 0 Å². The van der Waals surface area contributed by atoms with Gasteiger partial charge in [-0.2, -0.15) is 0 Å². The highest BCUT2D eigenvalue weighted by Gasteiger charge is 2.17. The molecule has 0 spiro atoms. The summed E-state index contributed by atoms with van der Waals surface area (Å²) >= 11 is 0. The zero-order chi connectivity index (χ0) is 9.83. The summed E-state index contributed by atoms with van der Waals surface area (Å²) in [6.07, 6.45) is 2.28. The van der Waals surface area contributed by atoms with E-state index in [-0.39, 0.29) is 0 Å². The second-order valence-corrected chi connectivity index (χ2v) is 4.18. The third-order valence-electron chi connectivity index (χ3n) is 3.36. The minimum atomic E-state index is 1.04. The van der Waals surface area contributed by atoms with Gasteiger partial charge in [-0.3, -0.25) is 0 Å². The first-order valence-corrected chi connectivity index (χ1v) is 5.35. The third kappa shape index (κ3) is 0.834. The molecule has 1 heteroatoms. The minimum absolute atomic E-state index is 1.04. The molecule has 1 aliphatic carbocycles. The van der Waals surface area contributed by atoms with Crippen molar-refractivity contribution in [1.29, 1.82) is 0 Å². The van der Waals surface area contributed by atoms with Gasteiger partial charge in [0.15, 0.2) is 0 Å². The highest BCUT2D eigenvalue weighted by molar-refractivity contribution is 6.09. The van der Waals surface area contributed by atoms with E-state index in [1.165, 1.54) is 21.9 Å². The molecule has 0 aliphatic heterocycles. The number of furan rings is 1. The molecule has 0 saturated heterocycles. The Morgan fingerprint density at radius 1 is 0.733 bits per heavy atom. The van der Waals surface area contributed by atoms with Crippen molar-refractivity contribution in [3.63, 3.8) is 0 Å². The van der Waals surface area contributed by atoms with Crippen LogP contribution in [-0.4, -0.2) is 0 Å². The highest BCUT2D eigenvalue weighted by atomic mass is 16.3. The Morgan fingerprint density at radius 3 is 1.80 bits per heavy atom. The fraction of sp³-hybridized carbons (Fsp3) is 0.143. The molecule has 0 saturated carbocycles. The maximum atomic E-state index is 5.85. The molecule has 0 unspecified atom stereocenters. The molecule has 0 radical (unpaired) electrons. The Hall–Kier alpha value is -1.76. The van der Waals surface area contributed by atoms with Gasteiger partial charge >= 0.3 is 0 Å². The predicted octanol–water partition coefficient (Wildman–Crippen LogP) is 3.68. The Morgan fingerprint density at radius 2 is 1.27 bits per heavy atom. The summed E-state index contributed by atoms with van der Waals surface area (Å²) in [4.78, 5) is 0. The van der Waals surface area contributed by atoms with E-state index >= 15 is 0 Å². The standard InChI is InChI=1S/C14H10O/c1-3-9-7-8-10-4-2-6-12-14(10)13(9)11(5-1)15-12/h1-6H,7-8H2. The van der Waals surface area contributed by atoms with Crippen molar-refractivity contribution in [2.45, 2.75) is 12.8 Å². The van der Waals surface area contributed by atoms with E-state index in [1.54, 1.807) is 0 Å². The van der Waals surface area contributed by atoms with Crippen LogP contribution in [0.1, 0.15) is 11.1 Å². The Bertz CT molecular complexity index is 618. The quantitative estimate of drug-likeness (QED) is 0.532. The molecule has 1 nitrogen and oxygen atoms in total. The summed E-state index contributed by atoms with van der Waals surface area (Å²) in [5.74, 6) is 0. The lowest BCUT2D eigenvalue weighted by Gasteiger charge is -2.11.